The highest BCUT2D eigenvalue weighted by Crippen LogP contribution is 2.21. The molecule has 2 aromatic heterocycles. The molecule has 0 fully saturated rings. The molecule has 0 amide bonds. The van der Waals surface area contributed by atoms with Crippen molar-refractivity contribution >= 4 is 6.29 Å². The molecule has 2 heterocycles. The van der Waals surface area contributed by atoms with Gasteiger partial charge in [0.05, 0.1) is 11.8 Å². The van der Waals surface area contributed by atoms with Gasteiger partial charge in [0.15, 0.2) is 12.0 Å². The minimum Gasteiger partial charge on any atom is -0.355 e. The maximum atomic E-state index is 10.6. The zero-order valence-electron chi connectivity index (χ0n) is 7.60. The Labute approximate surface area is 80.6 Å². The first-order valence-corrected chi connectivity index (χ1v) is 4.14. The van der Waals surface area contributed by atoms with Crippen molar-refractivity contribution in [1.82, 2.24) is 10.1 Å². The van der Waals surface area contributed by atoms with Crippen LogP contribution in [0.1, 0.15) is 16.1 Å². The Bertz CT molecular complexity index is 445. The average molecular weight is 188 g/mol. The lowest BCUT2D eigenvalue weighted by Gasteiger charge is -1.96. The number of hydrogen-bond donors (Lipinski definition) is 0. The lowest BCUT2D eigenvalue weighted by Crippen LogP contribution is -1.84. The molecule has 2 rings (SSSR count). The van der Waals surface area contributed by atoms with E-state index < -0.39 is 0 Å². The normalized spacial score (nSPS) is 10.1. The summed E-state index contributed by atoms with van der Waals surface area (Å²) in [5.74, 6) is 0.465. The number of nitrogens with zero attached hydrogens (tertiary/aromatic N) is 2. The topological polar surface area (TPSA) is 56.0 Å². The summed E-state index contributed by atoms with van der Waals surface area (Å²) >= 11 is 0. The van der Waals surface area contributed by atoms with E-state index in [1.807, 2.05) is 19.1 Å². The molecule has 0 bridgehead atoms. The molecule has 0 N–H and O–H groups in total. The van der Waals surface area contributed by atoms with Crippen molar-refractivity contribution in [2.24, 2.45) is 0 Å². The van der Waals surface area contributed by atoms with Crippen molar-refractivity contribution in [3.8, 4) is 11.3 Å². The van der Waals surface area contributed by atoms with Crippen molar-refractivity contribution in [1.29, 1.82) is 0 Å². The van der Waals surface area contributed by atoms with Crippen LogP contribution in [0.4, 0.5) is 0 Å². The zero-order chi connectivity index (χ0) is 9.97. The average Bonchev–Trinajstić information content (AvgIpc) is 2.67. The highest BCUT2D eigenvalue weighted by atomic mass is 16.5. The van der Waals surface area contributed by atoms with Gasteiger partial charge in [-0.05, 0) is 19.1 Å². The summed E-state index contributed by atoms with van der Waals surface area (Å²) in [6.07, 6.45) is 3.76. The van der Waals surface area contributed by atoms with E-state index in [1.165, 1.54) is 6.20 Å². The molecule has 0 saturated carbocycles. The fraction of sp³-hybridized carbons (Fsp3) is 0.100. The van der Waals surface area contributed by atoms with Crippen LogP contribution in [0.25, 0.3) is 11.3 Å². The van der Waals surface area contributed by atoms with Gasteiger partial charge in [-0.25, -0.2) is 0 Å². The lowest BCUT2D eigenvalue weighted by molar-refractivity contribution is 0.112. The smallest absolute Gasteiger partial charge is 0.178 e. The van der Waals surface area contributed by atoms with Crippen LogP contribution in [0.3, 0.4) is 0 Å². The van der Waals surface area contributed by atoms with Crippen LogP contribution in [0.5, 0.6) is 0 Å². The molecule has 0 aliphatic rings. The van der Waals surface area contributed by atoms with Crippen LogP contribution in [-0.2, 0) is 0 Å². The number of carbonyl (C=O) groups excluding carboxylic acids is 1. The van der Waals surface area contributed by atoms with Gasteiger partial charge in [-0.15, -0.1) is 0 Å². The third-order valence-corrected chi connectivity index (χ3v) is 1.90. The SMILES string of the molecule is Cc1ccc(-c2oncc2C=O)cn1. The summed E-state index contributed by atoms with van der Waals surface area (Å²) in [5, 5.41) is 3.56. The summed E-state index contributed by atoms with van der Waals surface area (Å²) in [6.45, 7) is 1.89. The fourth-order valence-electron chi connectivity index (χ4n) is 1.15. The van der Waals surface area contributed by atoms with E-state index in [0.29, 0.717) is 17.6 Å². The first-order chi connectivity index (χ1) is 6.81. The minimum atomic E-state index is 0.440. The van der Waals surface area contributed by atoms with Gasteiger partial charge in [0.25, 0.3) is 0 Å². The van der Waals surface area contributed by atoms with Crippen LogP contribution >= 0.6 is 0 Å². The Morgan fingerprint density at radius 2 is 2.21 bits per heavy atom. The standard InChI is InChI=1S/C10H8N2O2/c1-7-2-3-8(4-11-7)10-9(6-13)5-12-14-10/h2-6H,1H3. The highest BCUT2D eigenvalue weighted by molar-refractivity contribution is 5.84. The molecule has 2 aromatic rings. The molecule has 0 aromatic carbocycles. The van der Waals surface area contributed by atoms with Gasteiger partial charge >= 0.3 is 0 Å². The number of pyridine rings is 1. The van der Waals surface area contributed by atoms with Crippen LogP contribution in [0, 0.1) is 6.92 Å². The monoisotopic (exact) mass is 188 g/mol. The zero-order valence-corrected chi connectivity index (χ0v) is 7.60. The molecule has 0 saturated heterocycles. The fourth-order valence-corrected chi connectivity index (χ4v) is 1.15. The van der Waals surface area contributed by atoms with Crippen LogP contribution in [0.15, 0.2) is 29.0 Å². The Hall–Kier alpha value is -1.97. The second kappa shape index (κ2) is 3.41. The molecule has 0 aliphatic carbocycles. The maximum absolute atomic E-state index is 10.6. The van der Waals surface area contributed by atoms with Gasteiger partial charge in [-0.3, -0.25) is 9.78 Å². The van der Waals surface area contributed by atoms with Gasteiger partial charge in [0.2, 0.25) is 0 Å². The molecule has 0 unspecified atom stereocenters. The van der Waals surface area contributed by atoms with E-state index in [-0.39, 0.29) is 0 Å². The molecule has 14 heavy (non-hydrogen) atoms. The highest BCUT2D eigenvalue weighted by Gasteiger charge is 2.09. The summed E-state index contributed by atoms with van der Waals surface area (Å²) in [5.41, 5.74) is 2.12. The van der Waals surface area contributed by atoms with Crippen molar-refractivity contribution in [2.75, 3.05) is 0 Å². The van der Waals surface area contributed by atoms with Crippen molar-refractivity contribution in [2.45, 2.75) is 6.92 Å². The van der Waals surface area contributed by atoms with E-state index in [1.54, 1.807) is 6.20 Å². The van der Waals surface area contributed by atoms with Gasteiger partial charge in [0, 0.05) is 17.5 Å². The number of rotatable bonds is 2. The van der Waals surface area contributed by atoms with Crippen LogP contribution < -0.4 is 0 Å². The summed E-state index contributed by atoms with van der Waals surface area (Å²) < 4.78 is 4.96. The maximum Gasteiger partial charge on any atom is 0.178 e. The Kier molecular flexibility index (Phi) is 2.10. The molecule has 4 heteroatoms. The van der Waals surface area contributed by atoms with E-state index in [4.69, 9.17) is 4.52 Å². The Morgan fingerprint density at radius 1 is 1.36 bits per heavy atom. The molecule has 70 valence electrons. The number of aldehydes is 1. The largest absolute Gasteiger partial charge is 0.355 e. The number of hydrogen-bond acceptors (Lipinski definition) is 4. The molecule has 0 aliphatic heterocycles. The Morgan fingerprint density at radius 3 is 2.86 bits per heavy atom. The molecule has 4 nitrogen and oxygen atoms in total. The quantitative estimate of drug-likeness (QED) is 0.675. The third-order valence-electron chi connectivity index (χ3n) is 1.90. The van der Waals surface area contributed by atoms with E-state index in [2.05, 4.69) is 10.1 Å². The molecular formula is C10H8N2O2. The minimum absolute atomic E-state index is 0.440. The van der Waals surface area contributed by atoms with Crippen molar-refractivity contribution in [3.63, 3.8) is 0 Å². The predicted molar refractivity (Wildman–Crippen MR) is 49.9 cm³/mol. The van der Waals surface area contributed by atoms with Gasteiger partial charge in [0.1, 0.15) is 0 Å². The van der Waals surface area contributed by atoms with E-state index in [9.17, 15) is 4.79 Å². The van der Waals surface area contributed by atoms with Crippen LogP contribution in [0.2, 0.25) is 0 Å². The summed E-state index contributed by atoms with van der Waals surface area (Å²) in [7, 11) is 0. The van der Waals surface area contributed by atoms with Crippen molar-refractivity contribution < 1.29 is 9.32 Å². The number of aromatic nitrogens is 2. The molecule has 0 radical (unpaired) electrons. The second-order valence-corrected chi connectivity index (χ2v) is 2.92. The molecule has 0 atom stereocenters. The summed E-state index contributed by atoms with van der Waals surface area (Å²) in [6, 6.07) is 3.70. The lowest BCUT2D eigenvalue weighted by atomic mass is 10.1. The van der Waals surface area contributed by atoms with E-state index >= 15 is 0 Å². The Balaban J connectivity index is 2.49. The molecular weight excluding hydrogens is 180 g/mol. The molecule has 0 spiro atoms. The van der Waals surface area contributed by atoms with Crippen molar-refractivity contribution in [3.05, 3.63) is 35.8 Å². The number of carbonyl (C=O) groups is 1. The van der Waals surface area contributed by atoms with Gasteiger partial charge in [-0.1, -0.05) is 5.16 Å². The number of aryl methyl sites for hydroxylation is 1. The van der Waals surface area contributed by atoms with Crippen LogP contribution in [-0.4, -0.2) is 16.4 Å². The first kappa shape index (κ1) is 8.62. The summed E-state index contributed by atoms with van der Waals surface area (Å²) in [4.78, 5) is 14.7. The predicted octanol–water partition coefficient (Wildman–Crippen LogP) is 1.86. The third kappa shape index (κ3) is 1.42. The van der Waals surface area contributed by atoms with Gasteiger partial charge < -0.3 is 4.52 Å². The van der Waals surface area contributed by atoms with Gasteiger partial charge in [-0.2, -0.15) is 0 Å². The second-order valence-electron chi connectivity index (χ2n) is 2.92. The van der Waals surface area contributed by atoms with E-state index in [0.717, 1.165) is 11.3 Å². The first-order valence-electron chi connectivity index (χ1n) is 4.14.